The zero-order valence-electron chi connectivity index (χ0n) is 11.4. The quantitative estimate of drug-likeness (QED) is 0.604. The molecule has 2 aromatic rings. The molecule has 1 aliphatic rings. The Morgan fingerprint density at radius 2 is 1.95 bits per heavy atom. The number of thiophene rings is 1. The number of amides is 1. The fraction of sp³-hybridized carbons (Fsp3) is 0.125. The molecule has 1 saturated heterocycles. The summed E-state index contributed by atoms with van der Waals surface area (Å²) in [5.74, 6) is 0.0159. The molecule has 0 unspecified atom stereocenters. The molecule has 1 aromatic carbocycles. The van der Waals surface area contributed by atoms with Crippen LogP contribution >= 0.6 is 35.3 Å². The van der Waals surface area contributed by atoms with Crippen molar-refractivity contribution >= 4 is 51.6 Å². The van der Waals surface area contributed by atoms with Crippen molar-refractivity contribution in [3.05, 3.63) is 52.2 Å². The number of thiocarbonyl (C=S) groups is 1. The van der Waals surface area contributed by atoms with Gasteiger partial charge in [-0.3, -0.25) is 9.69 Å². The number of thioether (sulfide) groups is 1. The molecule has 0 radical (unpaired) electrons. The van der Waals surface area contributed by atoms with Crippen molar-refractivity contribution in [2.45, 2.75) is 6.92 Å². The maximum atomic E-state index is 12.2. The maximum Gasteiger partial charge on any atom is 0.266 e. The second-order valence-electron chi connectivity index (χ2n) is 4.49. The lowest BCUT2D eigenvalue weighted by molar-refractivity contribution is -0.121. The normalized spacial score (nSPS) is 17.0. The van der Waals surface area contributed by atoms with E-state index in [0.717, 1.165) is 4.88 Å². The highest BCUT2D eigenvalue weighted by Crippen LogP contribution is 2.35. The lowest BCUT2D eigenvalue weighted by Crippen LogP contribution is -2.27. The van der Waals surface area contributed by atoms with Gasteiger partial charge in [-0.25, -0.2) is 0 Å². The topological polar surface area (TPSA) is 20.3 Å². The molecule has 0 atom stereocenters. The van der Waals surface area contributed by atoms with Gasteiger partial charge < -0.3 is 0 Å². The van der Waals surface area contributed by atoms with Crippen LogP contribution in [0.15, 0.2) is 47.4 Å². The number of benzene rings is 1. The van der Waals surface area contributed by atoms with Crippen molar-refractivity contribution in [3.63, 3.8) is 0 Å². The van der Waals surface area contributed by atoms with Crippen LogP contribution in [0.3, 0.4) is 0 Å². The molecular weight excluding hydrogens is 318 g/mol. The largest absolute Gasteiger partial charge is 0.293 e. The summed E-state index contributed by atoms with van der Waals surface area (Å²) in [6.45, 7) is 2.56. The SMILES string of the molecule is CCN1C(=O)C(=Cc2ccc(-c3ccccc3)s2)SC1=S. The first-order valence-corrected chi connectivity index (χ1v) is 8.64. The summed E-state index contributed by atoms with van der Waals surface area (Å²) in [4.78, 5) is 16.8. The molecule has 1 aliphatic heterocycles. The molecule has 0 spiro atoms. The Labute approximate surface area is 137 Å². The minimum Gasteiger partial charge on any atom is -0.293 e. The van der Waals surface area contributed by atoms with Gasteiger partial charge in [0.25, 0.3) is 5.91 Å². The Morgan fingerprint density at radius 3 is 2.62 bits per heavy atom. The smallest absolute Gasteiger partial charge is 0.266 e. The van der Waals surface area contributed by atoms with Crippen LogP contribution in [0.1, 0.15) is 11.8 Å². The third-order valence-electron chi connectivity index (χ3n) is 3.15. The van der Waals surface area contributed by atoms with Gasteiger partial charge in [0.15, 0.2) is 0 Å². The van der Waals surface area contributed by atoms with Crippen molar-refractivity contribution in [1.82, 2.24) is 4.90 Å². The highest BCUT2D eigenvalue weighted by Gasteiger charge is 2.30. The number of nitrogens with zero attached hydrogens (tertiary/aromatic N) is 1. The summed E-state index contributed by atoms with van der Waals surface area (Å²) >= 11 is 8.29. The molecule has 0 aliphatic carbocycles. The molecule has 5 heteroatoms. The van der Waals surface area contributed by atoms with E-state index in [1.54, 1.807) is 16.2 Å². The number of carbonyl (C=O) groups excluding carboxylic acids is 1. The Kier molecular flexibility index (Phi) is 4.24. The van der Waals surface area contributed by atoms with Crippen molar-refractivity contribution in [1.29, 1.82) is 0 Å². The molecule has 1 fully saturated rings. The molecule has 0 saturated carbocycles. The molecule has 106 valence electrons. The number of hydrogen-bond acceptors (Lipinski definition) is 4. The third-order valence-corrected chi connectivity index (χ3v) is 5.61. The van der Waals surface area contributed by atoms with E-state index in [-0.39, 0.29) is 5.91 Å². The van der Waals surface area contributed by atoms with Gasteiger partial charge in [0.1, 0.15) is 4.32 Å². The average Bonchev–Trinajstić information content (AvgIpc) is 3.06. The Bertz CT molecular complexity index is 718. The molecule has 1 amide bonds. The standard InChI is InChI=1S/C16H13NOS3/c1-2-17-15(18)14(21-16(17)19)10-12-8-9-13(20-12)11-6-4-3-5-7-11/h3-10H,2H2,1H3. The van der Waals surface area contributed by atoms with Gasteiger partial charge in [-0.2, -0.15) is 0 Å². The van der Waals surface area contributed by atoms with E-state index in [1.807, 2.05) is 37.3 Å². The van der Waals surface area contributed by atoms with Gasteiger partial charge in [0.2, 0.25) is 0 Å². The molecule has 21 heavy (non-hydrogen) atoms. The van der Waals surface area contributed by atoms with Crippen LogP contribution in [0.5, 0.6) is 0 Å². The Balaban J connectivity index is 1.87. The lowest BCUT2D eigenvalue weighted by Gasteiger charge is -2.09. The number of likely N-dealkylation sites (N-methyl/N-ethyl adjacent to an activating group) is 1. The van der Waals surface area contributed by atoms with Gasteiger partial charge in [-0.05, 0) is 30.7 Å². The van der Waals surface area contributed by atoms with Gasteiger partial charge in [0.05, 0.1) is 4.91 Å². The van der Waals surface area contributed by atoms with Gasteiger partial charge in [-0.15, -0.1) is 11.3 Å². The predicted octanol–water partition coefficient (Wildman–Crippen LogP) is 4.64. The van der Waals surface area contributed by atoms with E-state index in [9.17, 15) is 4.79 Å². The molecule has 3 rings (SSSR count). The van der Waals surface area contributed by atoms with E-state index in [1.165, 1.54) is 22.2 Å². The van der Waals surface area contributed by atoms with E-state index >= 15 is 0 Å². The fourth-order valence-electron chi connectivity index (χ4n) is 2.09. The second-order valence-corrected chi connectivity index (χ2v) is 7.29. The van der Waals surface area contributed by atoms with E-state index in [4.69, 9.17) is 12.2 Å². The monoisotopic (exact) mass is 331 g/mol. The number of rotatable bonds is 3. The molecule has 2 heterocycles. The van der Waals surface area contributed by atoms with E-state index < -0.39 is 0 Å². The minimum atomic E-state index is 0.0159. The van der Waals surface area contributed by atoms with Crippen LogP contribution in [0.2, 0.25) is 0 Å². The molecule has 2 nitrogen and oxygen atoms in total. The average molecular weight is 331 g/mol. The van der Waals surface area contributed by atoms with Crippen LogP contribution in [-0.2, 0) is 4.79 Å². The summed E-state index contributed by atoms with van der Waals surface area (Å²) in [6, 6.07) is 14.4. The van der Waals surface area contributed by atoms with Crippen molar-refractivity contribution in [3.8, 4) is 10.4 Å². The summed E-state index contributed by atoms with van der Waals surface area (Å²) in [7, 11) is 0. The number of hydrogen-bond donors (Lipinski definition) is 0. The first kappa shape index (κ1) is 14.5. The van der Waals surface area contributed by atoms with Crippen molar-refractivity contribution in [2.24, 2.45) is 0 Å². The van der Waals surface area contributed by atoms with E-state index in [2.05, 4.69) is 18.2 Å². The van der Waals surface area contributed by atoms with Gasteiger partial charge >= 0.3 is 0 Å². The summed E-state index contributed by atoms with van der Waals surface area (Å²) < 4.78 is 0.647. The van der Waals surface area contributed by atoms with Crippen LogP contribution < -0.4 is 0 Å². The van der Waals surface area contributed by atoms with Crippen molar-refractivity contribution in [2.75, 3.05) is 6.54 Å². The molecule has 1 aromatic heterocycles. The number of carbonyl (C=O) groups is 1. The fourth-order valence-corrected chi connectivity index (χ4v) is 4.50. The molecule has 0 bridgehead atoms. The Morgan fingerprint density at radius 1 is 1.19 bits per heavy atom. The van der Waals surface area contributed by atoms with Crippen molar-refractivity contribution < 1.29 is 4.79 Å². The van der Waals surface area contributed by atoms with Crippen LogP contribution in [0.25, 0.3) is 16.5 Å². The lowest BCUT2D eigenvalue weighted by atomic mass is 10.2. The summed E-state index contributed by atoms with van der Waals surface area (Å²) in [5, 5.41) is 0. The third kappa shape index (κ3) is 2.95. The van der Waals surface area contributed by atoms with Gasteiger partial charge in [-0.1, -0.05) is 54.3 Å². The summed E-state index contributed by atoms with van der Waals surface area (Å²) in [6.07, 6.45) is 1.94. The van der Waals surface area contributed by atoms with Gasteiger partial charge in [0, 0.05) is 16.3 Å². The summed E-state index contributed by atoms with van der Waals surface area (Å²) in [5.41, 5.74) is 1.20. The minimum absolute atomic E-state index is 0.0159. The first-order chi connectivity index (χ1) is 10.2. The Hall–Kier alpha value is -1.43. The van der Waals surface area contributed by atoms with Crippen LogP contribution in [0.4, 0.5) is 0 Å². The highest BCUT2D eigenvalue weighted by molar-refractivity contribution is 8.26. The zero-order valence-corrected chi connectivity index (χ0v) is 13.9. The highest BCUT2D eigenvalue weighted by atomic mass is 32.2. The maximum absolute atomic E-state index is 12.2. The zero-order chi connectivity index (χ0) is 14.8. The van der Waals surface area contributed by atoms with Crippen LogP contribution in [0, 0.1) is 0 Å². The predicted molar refractivity (Wildman–Crippen MR) is 95.3 cm³/mol. The van der Waals surface area contributed by atoms with E-state index in [0.29, 0.717) is 15.8 Å². The molecular formula is C16H13NOS3. The first-order valence-electron chi connectivity index (χ1n) is 6.59. The second kappa shape index (κ2) is 6.13. The molecule has 0 N–H and O–H groups in total. The van der Waals surface area contributed by atoms with Crippen LogP contribution in [-0.4, -0.2) is 21.7 Å².